The molecule has 0 radical (unpaired) electrons. The Bertz CT molecular complexity index is 656. The Hall–Kier alpha value is -2.14. The minimum absolute atomic E-state index is 0.0601. The van der Waals surface area contributed by atoms with E-state index in [4.69, 9.17) is 4.74 Å². The predicted molar refractivity (Wildman–Crippen MR) is 97.4 cm³/mol. The molecule has 0 spiro atoms. The van der Waals surface area contributed by atoms with E-state index in [-0.39, 0.29) is 10.6 Å². The molecule has 0 saturated heterocycles. The van der Waals surface area contributed by atoms with Crippen molar-refractivity contribution < 1.29 is 9.66 Å². The van der Waals surface area contributed by atoms with E-state index in [0.29, 0.717) is 5.75 Å². The molecular weight excluding hydrogens is 358 g/mol. The summed E-state index contributed by atoms with van der Waals surface area (Å²) in [5.41, 5.74) is 1.58. The smallest absolute Gasteiger partial charge is 0.291 e. The molecule has 1 atom stereocenters. The highest BCUT2D eigenvalue weighted by Crippen LogP contribution is 2.37. The summed E-state index contributed by atoms with van der Waals surface area (Å²) >= 11 is 2.94. The number of hydrogen-bond acceptors (Lipinski definition) is 3. The average molecular weight is 378 g/mol. The Labute approximate surface area is 145 Å². The molecule has 23 heavy (non-hydrogen) atoms. The standard InChI is InChI=1S/C15H11NO3.C2H6.CH3Br/c17-16(18)13-10-12-8-4-5-9-14(12)19-15(13)11-6-2-1-3-7-11;2*1-2/h1-10,15H;1-2H3;1H3. The van der Waals surface area contributed by atoms with Crippen LogP contribution < -0.4 is 4.74 Å². The third-order valence-corrected chi connectivity index (χ3v) is 3.05. The van der Waals surface area contributed by atoms with Crippen molar-refractivity contribution in [3.63, 3.8) is 0 Å². The molecule has 4 nitrogen and oxygen atoms in total. The fourth-order valence-electron chi connectivity index (χ4n) is 2.14. The minimum Gasteiger partial charge on any atom is -0.474 e. The van der Waals surface area contributed by atoms with E-state index in [1.165, 1.54) is 0 Å². The van der Waals surface area contributed by atoms with E-state index in [1.54, 1.807) is 12.1 Å². The first-order valence-corrected chi connectivity index (χ1v) is 8.89. The summed E-state index contributed by atoms with van der Waals surface area (Å²) < 4.78 is 5.78. The predicted octanol–water partition coefficient (Wildman–Crippen LogP) is 5.48. The minimum atomic E-state index is -0.661. The average Bonchev–Trinajstić information content (AvgIpc) is 2.64. The zero-order valence-electron chi connectivity index (χ0n) is 13.4. The second-order valence-corrected chi connectivity index (χ2v) is 4.27. The molecule has 2 aromatic carbocycles. The van der Waals surface area contributed by atoms with Crippen LogP contribution >= 0.6 is 15.9 Å². The van der Waals surface area contributed by atoms with Gasteiger partial charge in [0.25, 0.3) is 5.70 Å². The molecule has 0 bridgehead atoms. The van der Waals surface area contributed by atoms with Gasteiger partial charge in [0.1, 0.15) is 5.75 Å². The van der Waals surface area contributed by atoms with E-state index in [0.717, 1.165) is 11.1 Å². The van der Waals surface area contributed by atoms with E-state index < -0.39 is 6.10 Å². The molecular formula is C18H20BrNO3. The lowest BCUT2D eigenvalue weighted by atomic mass is 10.0. The Morgan fingerprint density at radius 2 is 1.57 bits per heavy atom. The molecule has 0 N–H and O–H groups in total. The van der Waals surface area contributed by atoms with Crippen molar-refractivity contribution in [2.24, 2.45) is 0 Å². The first kappa shape index (κ1) is 18.9. The van der Waals surface area contributed by atoms with Crippen molar-refractivity contribution in [2.45, 2.75) is 20.0 Å². The molecule has 1 heterocycles. The first-order chi connectivity index (χ1) is 11.3. The Morgan fingerprint density at radius 3 is 2.17 bits per heavy atom. The van der Waals surface area contributed by atoms with Crippen LogP contribution in [0.3, 0.4) is 0 Å². The van der Waals surface area contributed by atoms with Crippen LogP contribution in [0, 0.1) is 10.1 Å². The van der Waals surface area contributed by atoms with Crippen molar-refractivity contribution >= 4 is 22.0 Å². The van der Waals surface area contributed by atoms with Gasteiger partial charge in [-0.1, -0.05) is 78.3 Å². The maximum absolute atomic E-state index is 11.2. The Morgan fingerprint density at radius 1 is 1.00 bits per heavy atom. The zero-order chi connectivity index (χ0) is 17.2. The number of halogens is 1. The highest BCUT2D eigenvalue weighted by molar-refractivity contribution is 9.08. The number of nitrogens with zero attached hydrogens (tertiary/aromatic N) is 1. The quantitative estimate of drug-likeness (QED) is 0.395. The maximum Gasteiger partial charge on any atom is 0.291 e. The summed E-state index contributed by atoms with van der Waals surface area (Å²) in [5.74, 6) is 2.48. The fourth-order valence-corrected chi connectivity index (χ4v) is 2.14. The number of hydrogen-bond donors (Lipinski definition) is 0. The zero-order valence-corrected chi connectivity index (χ0v) is 15.0. The highest BCUT2D eigenvalue weighted by atomic mass is 79.9. The molecule has 122 valence electrons. The SMILES string of the molecule is CBr.CC.O=[N+]([O-])C1=Cc2ccccc2OC1c1ccccc1. The first-order valence-electron chi connectivity index (χ1n) is 7.30. The van der Waals surface area contributed by atoms with Crippen LogP contribution in [0.2, 0.25) is 0 Å². The van der Waals surface area contributed by atoms with Gasteiger partial charge in [0.15, 0.2) is 0 Å². The third kappa shape index (κ3) is 4.66. The Balaban J connectivity index is 0.000000615. The van der Waals surface area contributed by atoms with Gasteiger partial charge in [-0.2, -0.15) is 0 Å². The van der Waals surface area contributed by atoms with Gasteiger partial charge in [0, 0.05) is 17.2 Å². The summed E-state index contributed by atoms with van der Waals surface area (Å²) in [5, 5.41) is 11.2. The lowest BCUT2D eigenvalue weighted by molar-refractivity contribution is -0.434. The maximum atomic E-state index is 11.2. The number of fused-ring (bicyclic) bond motifs is 1. The van der Waals surface area contributed by atoms with E-state index in [2.05, 4.69) is 15.9 Å². The monoisotopic (exact) mass is 377 g/mol. The van der Waals surface area contributed by atoms with Gasteiger partial charge >= 0.3 is 0 Å². The van der Waals surface area contributed by atoms with Crippen molar-refractivity contribution in [3.8, 4) is 5.75 Å². The summed E-state index contributed by atoms with van der Waals surface area (Å²) in [6.45, 7) is 4.00. The Kier molecular flexibility index (Phi) is 8.05. The molecule has 1 aliphatic rings. The van der Waals surface area contributed by atoms with Crippen LogP contribution in [0.25, 0.3) is 6.08 Å². The third-order valence-electron chi connectivity index (χ3n) is 3.05. The van der Waals surface area contributed by atoms with Gasteiger partial charge in [0.05, 0.1) is 4.92 Å². The van der Waals surface area contributed by atoms with Gasteiger partial charge in [-0.25, -0.2) is 0 Å². The summed E-state index contributed by atoms with van der Waals surface area (Å²) in [7, 11) is 0. The van der Waals surface area contributed by atoms with Crippen LogP contribution in [-0.2, 0) is 0 Å². The molecule has 0 amide bonds. The van der Waals surface area contributed by atoms with Gasteiger partial charge in [-0.15, -0.1) is 0 Å². The molecule has 1 aliphatic heterocycles. The molecule has 2 aromatic rings. The number of rotatable bonds is 2. The number of alkyl halides is 1. The molecule has 1 unspecified atom stereocenters. The van der Waals surface area contributed by atoms with Crippen molar-refractivity contribution in [2.75, 3.05) is 5.83 Å². The largest absolute Gasteiger partial charge is 0.474 e. The van der Waals surface area contributed by atoms with E-state index in [1.807, 2.05) is 68.2 Å². The van der Waals surface area contributed by atoms with Gasteiger partial charge in [-0.3, -0.25) is 10.1 Å². The van der Waals surface area contributed by atoms with Crippen molar-refractivity contribution in [1.82, 2.24) is 0 Å². The van der Waals surface area contributed by atoms with Crippen LogP contribution in [-0.4, -0.2) is 10.8 Å². The molecule has 0 aromatic heterocycles. The number of ether oxygens (including phenoxy) is 1. The molecule has 0 aliphatic carbocycles. The van der Waals surface area contributed by atoms with Crippen molar-refractivity contribution in [3.05, 3.63) is 81.5 Å². The normalized spacial score (nSPS) is 14.6. The van der Waals surface area contributed by atoms with Crippen LogP contribution in [0.4, 0.5) is 0 Å². The second-order valence-electron chi connectivity index (χ2n) is 4.27. The summed E-state index contributed by atoms with van der Waals surface area (Å²) in [4.78, 5) is 10.8. The second kappa shape index (κ2) is 9.79. The molecule has 0 fully saturated rings. The summed E-state index contributed by atoms with van der Waals surface area (Å²) in [6.07, 6.45) is 0.919. The number of nitro groups is 1. The van der Waals surface area contributed by atoms with Crippen LogP contribution in [0.1, 0.15) is 31.1 Å². The van der Waals surface area contributed by atoms with Crippen molar-refractivity contribution in [1.29, 1.82) is 0 Å². The van der Waals surface area contributed by atoms with E-state index in [9.17, 15) is 10.1 Å². The number of benzene rings is 2. The highest BCUT2D eigenvalue weighted by Gasteiger charge is 2.32. The topological polar surface area (TPSA) is 52.4 Å². The molecule has 0 saturated carbocycles. The lowest BCUT2D eigenvalue weighted by Gasteiger charge is -2.22. The molecule has 5 heteroatoms. The van der Waals surface area contributed by atoms with Crippen LogP contribution in [0.5, 0.6) is 5.75 Å². The van der Waals surface area contributed by atoms with E-state index >= 15 is 0 Å². The fraction of sp³-hybridized carbons (Fsp3) is 0.222. The lowest BCUT2D eigenvalue weighted by Crippen LogP contribution is -2.19. The number of para-hydroxylation sites is 1. The summed E-state index contributed by atoms with van der Waals surface area (Å²) in [6, 6.07) is 16.5. The van der Waals surface area contributed by atoms with Crippen LogP contribution in [0.15, 0.2) is 60.3 Å². The van der Waals surface area contributed by atoms with Gasteiger partial charge < -0.3 is 4.74 Å². The van der Waals surface area contributed by atoms with Gasteiger partial charge in [0.2, 0.25) is 6.10 Å². The van der Waals surface area contributed by atoms with Gasteiger partial charge in [-0.05, 0) is 11.9 Å². The molecule has 3 rings (SSSR count).